The fraction of sp³-hybridized carbons (Fsp3) is 0.129. The zero-order chi connectivity index (χ0) is 24.2. The molecule has 4 aromatic carbocycles. The first-order chi connectivity index (χ1) is 16.9. The highest BCUT2D eigenvalue weighted by Gasteiger charge is 2.21. The first kappa shape index (κ1) is 17.6. The Balaban J connectivity index is 1.56. The van der Waals surface area contributed by atoms with Crippen molar-refractivity contribution in [3.63, 3.8) is 0 Å². The van der Waals surface area contributed by atoms with E-state index < -0.39 is 6.37 Å². The number of nitrogens with zero attached hydrogens (tertiary/aromatic N) is 1. The van der Waals surface area contributed by atoms with Crippen LogP contribution in [0.1, 0.15) is 22.2 Å². The summed E-state index contributed by atoms with van der Waals surface area (Å²) in [4.78, 5) is 4.92. The average Bonchev–Trinajstić information content (AvgIpc) is 3.02. The van der Waals surface area contributed by atoms with Crippen LogP contribution in [0.5, 0.6) is 11.5 Å². The van der Waals surface area contributed by atoms with Crippen LogP contribution in [0, 0.1) is 5.92 Å². The van der Waals surface area contributed by atoms with E-state index in [-0.39, 0.29) is 5.92 Å². The van der Waals surface area contributed by atoms with E-state index in [2.05, 4.69) is 42.5 Å². The molecule has 0 bridgehead atoms. The second-order valence-corrected chi connectivity index (χ2v) is 8.73. The van der Waals surface area contributed by atoms with Gasteiger partial charge in [0.15, 0.2) is 0 Å². The first-order valence-corrected chi connectivity index (χ1v) is 11.3. The zero-order valence-corrected chi connectivity index (χ0v) is 18.7. The zero-order valence-electron chi connectivity index (χ0n) is 20.7. The Morgan fingerprint density at radius 2 is 1.39 bits per heavy atom. The van der Waals surface area contributed by atoms with Gasteiger partial charge in [0.05, 0.1) is 11.2 Å². The number of aromatic nitrogens is 1. The average molecular weight is 430 g/mol. The molecule has 0 atom stereocenters. The third-order valence-electron chi connectivity index (χ3n) is 6.05. The van der Waals surface area contributed by atoms with Gasteiger partial charge in [-0.1, -0.05) is 80.6 Å². The number of hydrogen-bond donors (Lipinski definition) is 0. The van der Waals surface area contributed by atoms with Gasteiger partial charge in [0, 0.05) is 24.8 Å². The number of hydrogen-bond acceptors (Lipinski definition) is 2. The summed E-state index contributed by atoms with van der Waals surface area (Å²) in [5.74, 6) is 1.41. The molecule has 2 nitrogen and oxygen atoms in total. The lowest BCUT2D eigenvalue weighted by Crippen LogP contribution is -1.98. The van der Waals surface area contributed by atoms with Crippen molar-refractivity contribution >= 4 is 10.9 Å². The Hall–Kier alpha value is -3.91. The molecule has 6 rings (SSSR count). The molecule has 5 aromatic rings. The highest BCUT2D eigenvalue weighted by atomic mass is 16.5. The molecule has 0 amide bonds. The van der Waals surface area contributed by atoms with Crippen molar-refractivity contribution in [3.8, 4) is 45.0 Å². The summed E-state index contributed by atoms with van der Waals surface area (Å²) in [5.41, 5.74) is 7.45. The van der Waals surface area contributed by atoms with E-state index in [9.17, 15) is 0 Å². The Labute approximate surface area is 197 Å². The van der Waals surface area contributed by atoms with E-state index in [0.717, 1.165) is 55.9 Å². The molecule has 160 valence electrons. The minimum atomic E-state index is -1.49. The first-order valence-electron chi connectivity index (χ1n) is 12.3. The van der Waals surface area contributed by atoms with Crippen LogP contribution in [-0.4, -0.2) is 4.98 Å². The number of ether oxygens (including phenoxy) is 1. The van der Waals surface area contributed by atoms with Crippen molar-refractivity contribution in [1.82, 2.24) is 4.98 Å². The van der Waals surface area contributed by atoms with Gasteiger partial charge in [-0.15, -0.1) is 0 Å². The maximum atomic E-state index is 8.82. The van der Waals surface area contributed by atoms with Crippen LogP contribution in [0.3, 0.4) is 0 Å². The predicted molar refractivity (Wildman–Crippen MR) is 137 cm³/mol. The third kappa shape index (κ3) is 3.48. The molecule has 1 aliphatic rings. The molecule has 0 radical (unpaired) electrons. The molecular weight excluding hydrogens is 402 g/mol. The molecule has 1 aromatic heterocycles. The number of rotatable bonds is 3. The largest absolute Gasteiger partial charge is 0.456 e. The predicted octanol–water partition coefficient (Wildman–Crippen LogP) is 8.54. The van der Waals surface area contributed by atoms with Gasteiger partial charge in [0.2, 0.25) is 0 Å². The molecule has 2 heterocycles. The summed E-state index contributed by atoms with van der Waals surface area (Å²) < 4.78 is 24.1. The standard InChI is InChI=1S/C31H25NO/c1-20(2)17-22-18-29(32-28-13-7-5-9-23(22)28)21-15-16-27-25-11-4-3-10-24(25)26-12-6-8-14-30(26)33-31(27)19-21/h3-16,18-20H,17H2,1-2H3/i17D2. The highest BCUT2D eigenvalue weighted by molar-refractivity contribution is 5.92. The van der Waals surface area contributed by atoms with Crippen LogP contribution >= 0.6 is 0 Å². The molecular formula is C31H25NO. The molecule has 0 saturated heterocycles. The molecule has 0 aliphatic carbocycles. The maximum absolute atomic E-state index is 8.82. The normalized spacial score (nSPS) is 13.3. The van der Waals surface area contributed by atoms with Gasteiger partial charge < -0.3 is 4.74 Å². The fourth-order valence-electron chi connectivity index (χ4n) is 4.59. The molecule has 0 N–H and O–H groups in total. The molecule has 2 heteroatoms. The van der Waals surface area contributed by atoms with Crippen molar-refractivity contribution in [2.24, 2.45) is 5.92 Å². The Morgan fingerprint density at radius 3 is 2.18 bits per heavy atom. The summed E-state index contributed by atoms with van der Waals surface area (Å²) in [7, 11) is 0. The van der Waals surface area contributed by atoms with Crippen LogP contribution in [0.25, 0.3) is 44.4 Å². The van der Waals surface area contributed by atoms with Gasteiger partial charge in [-0.25, -0.2) is 4.98 Å². The third-order valence-corrected chi connectivity index (χ3v) is 6.05. The molecule has 0 spiro atoms. The van der Waals surface area contributed by atoms with E-state index >= 15 is 0 Å². The minimum Gasteiger partial charge on any atom is -0.456 e. The summed E-state index contributed by atoms with van der Waals surface area (Å²) in [6.07, 6.45) is -1.49. The lowest BCUT2D eigenvalue weighted by molar-refractivity contribution is 0.488. The summed E-state index contributed by atoms with van der Waals surface area (Å²) in [6.45, 7) is 3.83. The van der Waals surface area contributed by atoms with Crippen LogP contribution in [-0.2, 0) is 6.37 Å². The van der Waals surface area contributed by atoms with Crippen LogP contribution in [0.4, 0.5) is 0 Å². The molecule has 33 heavy (non-hydrogen) atoms. The van der Waals surface area contributed by atoms with Gasteiger partial charge in [-0.3, -0.25) is 0 Å². The number of fused-ring (bicyclic) bond motifs is 6. The summed E-state index contributed by atoms with van der Waals surface area (Å²) in [6, 6.07) is 32.3. The van der Waals surface area contributed by atoms with Crippen molar-refractivity contribution in [3.05, 3.63) is 103 Å². The van der Waals surface area contributed by atoms with E-state index in [0.29, 0.717) is 5.56 Å². The Bertz CT molecular complexity index is 1590. The van der Waals surface area contributed by atoms with Crippen molar-refractivity contribution in [1.29, 1.82) is 0 Å². The molecule has 0 fully saturated rings. The lowest BCUT2D eigenvalue weighted by atomic mass is 9.93. The van der Waals surface area contributed by atoms with E-state index in [1.165, 1.54) is 0 Å². The monoisotopic (exact) mass is 429 g/mol. The second-order valence-electron chi connectivity index (χ2n) is 8.73. The quantitative estimate of drug-likeness (QED) is 0.281. The summed E-state index contributed by atoms with van der Waals surface area (Å²) in [5, 5.41) is 0.851. The second kappa shape index (κ2) is 7.90. The van der Waals surface area contributed by atoms with Crippen molar-refractivity contribution in [2.75, 3.05) is 0 Å². The van der Waals surface area contributed by atoms with Crippen LogP contribution in [0.2, 0.25) is 0 Å². The van der Waals surface area contributed by atoms with Gasteiger partial charge in [0.1, 0.15) is 11.5 Å². The van der Waals surface area contributed by atoms with Crippen LogP contribution < -0.4 is 4.74 Å². The SMILES string of the molecule is [2H]C([2H])(c1cc(-c2ccc3c(c2)Oc2ccccc2-c2ccccc2-3)nc2ccccc12)C(C)C. The molecule has 0 unspecified atom stereocenters. The molecule has 1 aliphatic heterocycles. The Morgan fingerprint density at radius 1 is 0.727 bits per heavy atom. The number of benzene rings is 4. The van der Waals surface area contributed by atoms with Gasteiger partial charge in [-0.05, 0) is 59.3 Å². The topological polar surface area (TPSA) is 22.1 Å². The highest BCUT2D eigenvalue weighted by Crippen LogP contribution is 2.47. The number of para-hydroxylation sites is 2. The van der Waals surface area contributed by atoms with E-state index in [1.807, 2.05) is 68.4 Å². The number of pyridine rings is 1. The van der Waals surface area contributed by atoms with E-state index in [4.69, 9.17) is 12.5 Å². The van der Waals surface area contributed by atoms with Crippen molar-refractivity contribution < 1.29 is 7.48 Å². The van der Waals surface area contributed by atoms with E-state index in [1.54, 1.807) is 0 Å². The smallest absolute Gasteiger partial charge is 0.135 e. The minimum absolute atomic E-state index is 0.176. The fourth-order valence-corrected chi connectivity index (χ4v) is 4.59. The summed E-state index contributed by atoms with van der Waals surface area (Å²) >= 11 is 0. The van der Waals surface area contributed by atoms with Crippen LogP contribution in [0.15, 0.2) is 97.1 Å². The molecule has 0 saturated carbocycles. The lowest BCUT2D eigenvalue weighted by Gasteiger charge is -2.14. The van der Waals surface area contributed by atoms with Gasteiger partial charge >= 0.3 is 0 Å². The maximum Gasteiger partial charge on any atom is 0.135 e. The Kier molecular flexibility index (Phi) is 4.22. The van der Waals surface area contributed by atoms with Gasteiger partial charge in [-0.2, -0.15) is 0 Å². The van der Waals surface area contributed by atoms with Crippen molar-refractivity contribution in [2.45, 2.75) is 20.2 Å². The van der Waals surface area contributed by atoms with Gasteiger partial charge in [0.25, 0.3) is 0 Å².